The van der Waals surface area contributed by atoms with E-state index in [1.807, 2.05) is 6.26 Å². The van der Waals surface area contributed by atoms with Crippen molar-refractivity contribution in [3.63, 3.8) is 0 Å². The highest BCUT2D eigenvalue weighted by molar-refractivity contribution is 5.13. The maximum Gasteiger partial charge on any atom is 0.118 e. The molecule has 3 nitrogen and oxygen atoms in total. The van der Waals surface area contributed by atoms with E-state index in [4.69, 9.17) is 4.42 Å². The molecule has 2 heterocycles. The highest BCUT2D eigenvalue weighted by atomic mass is 16.3. The predicted molar refractivity (Wildman–Crippen MR) is 72.3 cm³/mol. The van der Waals surface area contributed by atoms with Crippen molar-refractivity contribution in [2.75, 3.05) is 6.54 Å². The van der Waals surface area contributed by atoms with E-state index in [-0.39, 0.29) is 0 Å². The molecule has 1 saturated carbocycles. The first kappa shape index (κ1) is 12.2. The van der Waals surface area contributed by atoms with Crippen LogP contribution in [0.25, 0.3) is 0 Å². The smallest absolute Gasteiger partial charge is 0.118 e. The van der Waals surface area contributed by atoms with Crippen LogP contribution in [0, 0.1) is 0 Å². The summed E-state index contributed by atoms with van der Waals surface area (Å²) in [7, 11) is 0. The quantitative estimate of drug-likeness (QED) is 0.868. The molecule has 3 rings (SSSR count). The van der Waals surface area contributed by atoms with Crippen LogP contribution in [0.3, 0.4) is 0 Å². The van der Waals surface area contributed by atoms with Crippen molar-refractivity contribution < 1.29 is 4.42 Å². The molecule has 100 valence electrons. The van der Waals surface area contributed by atoms with Gasteiger partial charge in [-0.1, -0.05) is 0 Å². The molecule has 3 heteroatoms. The van der Waals surface area contributed by atoms with E-state index in [2.05, 4.69) is 30.1 Å². The zero-order valence-electron chi connectivity index (χ0n) is 11.5. The topological polar surface area (TPSA) is 28.4 Å². The van der Waals surface area contributed by atoms with Gasteiger partial charge in [0.25, 0.3) is 0 Å². The molecule has 0 amide bonds. The SMILES string of the molecule is CC1(C)CCCN1Cc1cc(CNC2CC2)co1. The maximum absolute atomic E-state index is 5.69. The fraction of sp³-hybridized carbons (Fsp3) is 0.733. The van der Waals surface area contributed by atoms with Gasteiger partial charge in [-0.25, -0.2) is 0 Å². The lowest BCUT2D eigenvalue weighted by molar-refractivity contribution is 0.154. The van der Waals surface area contributed by atoms with Gasteiger partial charge in [-0.3, -0.25) is 4.90 Å². The number of likely N-dealkylation sites (tertiary alicyclic amines) is 1. The number of furan rings is 1. The van der Waals surface area contributed by atoms with E-state index in [9.17, 15) is 0 Å². The van der Waals surface area contributed by atoms with E-state index in [1.165, 1.54) is 37.8 Å². The molecule has 1 aliphatic heterocycles. The number of nitrogens with zero attached hydrogens (tertiary/aromatic N) is 1. The molecule has 0 radical (unpaired) electrons. The van der Waals surface area contributed by atoms with E-state index < -0.39 is 0 Å². The third-order valence-corrected chi connectivity index (χ3v) is 4.30. The second kappa shape index (κ2) is 4.71. The Kier molecular flexibility index (Phi) is 3.20. The van der Waals surface area contributed by atoms with E-state index in [0.29, 0.717) is 5.54 Å². The van der Waals surface area contributed by atoms with E-state index >= 15 is 0 Å². The zero-order valence-corrected chi connectivity index (χ0v) is 11.5. The maximum atomic E-state index is 5.69. The summed E-state index contributed by atoms with van der Waals surface area (Å²) in [6.45, 7) is 7.77. The lowest BCUT2D eigenvalue weighted by atomic mass is 10.0. The van der Waals surface area contributed by atoms with Crippen molar-refractivity contribution in [2.24, 2.45) is 0 Å². The summed E-state index contributed by atoms with van der Waals surface area (Å²) in [6.07, 6.45) is 7.20. The molecule has 2 fully saturated rings. The molecule has 1 aliphatic carbocycles. The summed E-state index contributed by atoms with van der Waals surface area (Å²) in [5.74, 6) is 1.11. The third-order valence-electron chi connectivity index (χ3n) is 4.30. The molecular formula is C15H24N2O. The minimum atomic E-state index is 0.333. The van der Waals surface area contributed by atoms with Crippen molar-refractivity contribution in [3.05, 3.63) is 23.7 Å². The number of nitrogens with one attached hydrogen (secondary N) is 1. The van der Waals surface area contributed by atoms with Crippen LogP contribution in [-0.2, 0) is 13.1 Å². The largest absolute Gasteiger partial charge is 0.468 e. The number of hydrogen-bond acceptors (Lipinski definition) is 3. The lowest BCUT2D eigenvalue weighted by Crippen LogP contribution is -2.37. The Bertz CT molecular complexity index is 406. The molecular weight excluding hydrogens is 224 g/mol. The molecule has 0 atom stereocenters. The molecule has 0 aromatic carbocycles. The van der Waals surface area contributed by atoms with Crippen LogP contribution in [0.4, 0.5) is 0 Å². The fourth-order valence-corrected chi connectivity index (χ4v) is 2.80. The summed E-state index contributed by atoms with van der Waals surface area (Å²) in [5.41, 5.74) is 1.62. The van der Waals surface area contributed by atoms with Gasteiger partial charge in [0.2, 0.25) is 0 Å². The number of hydrogen-bond donors (Lipinski definition) is 1. The van der Waals surface area contributed by atoms with Crippen LogP contribution >= 0.6 is 0 Å². The van der Waals surface area contributed by atoms with Crippen LogP contribution in [0.5, 0.6) is 0 Å². The Labute approximate surface area is 110 Å². The molecule has 1 aromatic rings. The molecule has 1 aromatic heterocycles. The Hall–Kier alpha value is -0.800. The van der Waals surface area contributed by atoms with E-state index in [0.717, 1.165) is 24.9 Å². The predicted octanol–water partition coefficient (Wildman–Crippen LogP) is 2.91. The fourth-order valence-electron chi connectivity index (χ4n) is 2.80. The standard InChI is InChI=1S/C15H24N2O/c1-15(2)6-3-7-17(15)10-14-8-12(11-18-14)9-16-13-4-5-13/h8,11,13,16H,3-7,9-10H2,1-2H3. The van der Waals surface area contributed by atoms with Crippen LogP contribution in [0.1, 0.15) is 50.9 Å². The lowest BCUT2D eigenvalue weighted by Gasteiger charge is -2.30. The molecule has 0 unspecified atom stereocenters. The molecule has 2 aliphatic rings. The van der Waals surface area contributed by atoms with Crippen LogP contribution in [-0.4, -0.2) is 23.0 Å². The van der Waals surface area contributed by atoms with Crippen molar-refractivity contribution >= 4 is 0 Å². The molecule has 0 bridgehead atoms. The Morgan fingerprint density at radius 1 is 1.44 bits per heavy atom. The second-order valence-electron chi connectivity index (χ2n) is 6.41. The highest BCUT2D eigenvalue weighted by Crippen LogP contribution is 2.30. The first-order valence-corrected chi connectivity index (χ1v) is 7.18. The molecule has 18 heavy (non-hydrogen) atoms. The van der Waals surface area contributed by atoms with Gasteiger partial charge in [-0.05, 0) is 52.1 Å². The van der Waals surface area contributed by atoms with Gasteiger partial charge >= 0.3 is 0 Å². The third kappa shape index (κ3) is 2.78. The summed E-state index contributed by atoms with van der Waals surface area (Å²) in [4.78, 5) is 2.53. The van der Waals surface area contributed by atoms with Crippen molar-refractivity contribution in [1.29, 1.82) is 0 Å². The zero-order chi connectivity index (χ0) is 12.6. The van der Waals surface area contributed by atoms with Crippen LogP contribution in [0.15, 0.2) is 16.7 Å². The molecule has 0 spiro atoms. The van der Waals surface area contributed by atoms with E-state index in [1.54, 1.807) is 0 Å². The average Bonchev–Trinajstić information content (AvgIpc) is 2.96. The van der Waals surface area contributed by atoms with Crippen LogP contribution < -0.4 is 5.32 Å². The highest BCUT2D eigenvalue weighted by Gasteiger charge is 2.32. The Morgan fingerprint density at radius 3 is 2.94 bits per heavy atom. The summed E-state index contributed by atoms with van der Waals surface area (Å²) in [5, 5.41) is 3.52. The summed E-state index contributed by atoms with van der Waals surface area (Å²) in [6, 6.07) is 2.98. The van der Waals surface area contributed by atoms with Gasteiger partial charge in [0.05, 0.1) is 12.8 Å². The van der Waals surface area contributed by atoms with Gasteiger partial charge in [-0.15, -0.1) is 0 Å². The van der Waals surface area contributed by atoms with Crippen molar-refractivity contribution in [1.82, 2.24) is 10.2 Å². The minimum absolute atomic E-state index is 0.333. The monoisotopic (exact) mass is 248 g/mol. The Morgan fingerprint density at radius 2 is 2.28 bits per heavy atom. The summed E-state index contributed by atoms with van der Waals surface area (Å²) < 4.78 is 5.69. The Balaban J connectivity index is 1.55. The first-order valence-electron chi connectivity index (χ1n) is 7.18. The van der Waals surface area contributed by atoms with Gasteiger partial charge < -0.3 is 9.73 Å². The normalized spacial score (nSPS) is 23.7. The van der Waals surface area contributed by atoms with Gasteiger partial charge in [0.15, 0.2) is 0 Å². The number of rotatable bonds is 5. The van der Waals surface area contributed by atoms with Gasteiger partial charge in [0.1, 0.15) is 5.76 Å². The molecule has 1 N–H and O–H groups in total. The van der Waals surface area contributed by atoms with Crippen molar-refractivity contribution in [3.8, 4) is 0 Å². The molecule has 1 saturated heterocycles. The average molecular weight is 248 g/mol. The summed E-state index contributed by atoms with van der Waals surface area (Å²) >= 11 is 0. The van der Waals surface area contributed by atoms with Gasteiger partial charge in [0, 0.05) is 23.7 Å². The van der Waals surface area contributed by atoms with Crippen molar-refractivity contribution in [2.45, 2.75) is 64.2 Å². The van der Waals surface area contributed by atoms with Crippen LogP contribution in [0.2, 0.25) is 0 Å². The van der Waals surface area contributed by atoms with Gasteiger partial charge in [-0.2, -0.15) is 0 Å². The minimum Gasteiger partial charge on any atom is -0.468 e. The second-order valence-corrected chi connectivity index (χ2v) is 6.41. The first-order chi connectivity index (χ1) is 8.63.